The number of nitrogens with one attached hydrogen (secondary N) is 1. The first kappa shape index (κ1) is 25.5. The molecule has 8 heteroatoms. The lowest BCUT2D eigenvalue weighted by molar-refractivity contribution is -0.122. The van der Waals surface area contributed by atoms with Crippen LogP contribution < -0.4 is 19.1 Å². The Hall–Kier alpha value is -2.74. The Kier molecular flexibility index (Phi) is 8.55. The van der Waals surface area contributed by atoms with Gasteiger partial charge in [-0.1, -0.05) is 45.9 Å². The summed E-state index contributed by atoms with van der Waals surface area (Å²) in [7, 11) is -2.20. The fourth-order valence-corrected chi connectivity index (χ4v) is 4.52. The van der Waals surface area contributed by atoms with Gasteiger partial charge in [-0.05, 0) is 41.7 Å². The van der Waals surface area contributed by atoms with Crippen LogP contribution in [0.1, 0.15) is 39.7 Å². The number of rotatable bonds is 10. The minimum atomic E-state index is -3.70. The average molecular weight is 463 g/mol. The maximum Gasteiger partial charge on any atom is 0.244 e. The number of ether oxygens (including phenoxy) is 2. The Balaban J connectivity index is 2.02. The van der Waals surface area contributed by atoms with E-state index in [1.807, 2.05) is 24.3 Å². The lowest BCUT2D eigenvalue weighted by Gasteiger charge is -2.30. The second kappa shape index (κ2) is 10.7. The van der Waals surface area contributed by atoms with Crippen LogP contribution in [0.2, 0.25) is 0 Å². The molecule has 1 unspecified atom stereocenters. The largest absolute Gasteiger partial charge is 0.497 e. The molecule has 0 radical (unpaired) electrons. The molecule has 1 amide bonds. The molecule has 0 aliphatic rings. The molecule has 0 bridgehead atoms. The Labute approximate surface area is 191 Å². The van der Waals surface area contributed by atoms with E-state index >= 15 is 0 Å². The van der Waals surface area contributed by atoms with Gasteiger partial charge in [-0.3, -0.25) is 9.10 Å². The third-order valence-electron chi connectivity index (χ3n) is 5.03. The highest BCUT2D eigenvalue weighted by Crippen LogP contribution is 2.26. The van der Waals surface area contributed by atoms with Crippen LogP contribution in [0, 0.1) is 0 Å². The van der Waals surface area contributed by atoms with Crippen LogP contribution in [0.15, 0.2) is 48.5 Å². The fourth-order valence-electron chi connectivity index (χ4n) is 3.32. The zero-order chi connectivity index (χ0) is 23.9. The summed E-state index contributed by atoms with van der Waals surface area (Å²) in [6.45, 7) is 8.74. The van der Waals surface area contributed by atoms with Crippen molar-refractivity contribution in [1.82, 2.24) is 5.32 Å². The van der Waals surface area contributed by atoms with E-state index in [-0.39, 0.29) is 24.5 Å². The summed E-state index contributed by atoms with van der Waals surface area (Å²) in [6, 6.07) is 13.6. The van der Waals surface area contributed by atoms with Crippen LogP contribution >= 0.6 is 0 Å². The van der Waals surface area contributed by atoms with Gasteiger partial charge in [0.15, 0.2) is 0 Å². The van der Waals surface area contributed by atoms with E-state index in [1.165, 1.54) is 12.7 Å². The Morgan fingerprint density at radius 2 is 1.75 bits per heavy atom. The zero-order valence-corrected chi connectivity index (χ0v) is 20.5. The van der Waals surface area contributed by atoms with Crippen LogP contribution in [0.4, 0.5) is 5.69 Å². The number of anilines is 1. The highest BCUT2D eigenvalue weighted by Gasteiger charge is 2.31. The highest BCUT2D eigenvalue weighted by molar-refractivity contribution is 7.92. The van der Waals surface area contributed by atoms with Gasteiger partial charge in [0.25, 0.3) is 0 Å². The molecule has 0 aliphatic heterocycles. The van der Waals surface area contributed by atoms with Crippen LogP contribution in [0.25, 0.3) is 0 Å². The van der Waals surface area contributed by atoms with Gasteiger partial charge in [0.2, 0.25) is 15.9 Å². The lowest BCUT2D eigenvalue weighted by atomic mass is 9.87. The Bertz CT molecular complexity index is 998. The quantitative estimate of drug-likeness (QED) is 0.544. The molecule has 1 atom stereocenters. The summed E-state index contributed by atoms with van der Waals surface area (Å²) in [6.07, 6.45) is 1.40. The van der Waals surface area contributed by atoms with Crippen molar-refractivity contribution in [3.05, 3.63) is 54.1 Å². The molecule has 0 aromatic heterocycles. The first-order valence-corrected chi connectivity index (χ1v) is 12.5. The smallest absolute Gasteiger partial charge is 0.244 e. The Morgan fingerprint density at radius 1 is 1.09 bits per heavy atom. The maximum atomic E-state index is 12.9. The number of nitrogens with zero attached hydrogens (tertiary/aromatic N) is 1. The van der Waals surface area contributed by atoms with Gasteiger partial charge in [0.1, 0.15) is 24.1 Å². The van der Waals surface area contributed by atoms with Crippen molar-refractivity contribution in [3.63, 3.8) is 0 Å². The number of carbonyl (C=O) groups is 1. The predicted molar refractivity (Wildman–Crippen MR) is 128 cm³/mol. The number of hydrogen-bond donors (Lipinski definition) is 1. The molecule has 0 saturated heterocycles. The summed E-state index contributed by atoms with van der Waals surface area (Å²) in [4.78, 5) is 12.9. The molecule has 7 nitrogen and oxygen atoms in total. The minimum absolute atomic E-state index is 0.0654. The normalized spacial score (nSPS) is 12.7. The molecule has 176 valence electrons. The van der Waals surface area contributed by atoms with E-state index < -0.39 is 16.1 Å². The summed E-state index contributed by atoms with van der Waals surface area (Å²) >= 11 is 0. The van der Waals surface area contributed by atoms with Gasteiger partial charge in [-0.2, -0.15) is 0 Å². The van der Waals surface area contributed by atoms with E-state index in [1.54, 1.807) is 31.2 Å². The third-order valence-corrected chi connectivity index (χ3v) is 6.21. The van der Waals surface area contributed by atoms with Gasteiger partial charge in [-0.15, -0.1) is 0 Å². The lowest BCUT2D eigenvalue weighted by Crippen LogP contribution is -2.50. The first-order valence-electron chi connectivity index (χ1n) is 10.6. The highest BCUT2D eigenvalue weighted by atomic mass is 32.2. The molecule has 32 heavy (non-hydrogen) atoms. The molecule has 2 aromatic rings. The fraction of sp³-hybridized carbons (Fsp3) is 0.458. The SMILES string of the molecule is CCC(C(=O)NCCOc1ccc(C(C)(C)C)cc1)N(c1cccc(OC)c1)S(C)(=O)=O. The number of benzene rings is 2. The standard InChI is InChI=1S/C24H34N2O5S/c1-7-22(26(32(6,28)29)19-9-8-10-21(17-19)30-5)23(27)25-15-16-31-20-13-11-18(12-14-20)24(2,3)4/h8-14,17,22H,7,15-16H2,1-6H3,(H,25,27). The molecule has 0 spiro atoms. The van der Waals surface area contributed by atoms with E-state index in [0.29, 0.717) is 23.6 Å². The number of sulfonamides is 1. The second-order valence-electron chi connectivity index (χ2n) is 8.60. The molecule has 0 saturated carbocycles. The minimum Gasteiger partial charge on any atom is -0.497 e. The van der Waals surface area contributed by atoms with E-state index in [9.17, 15) is 13.2 Å². The number of methoxy groups -OCH3 is 1. The predicted octanol–water partition coefficient (Wildman–Crippen LogP) is 3.73. The van der Waals surface area contributed by atoms with Crippen molar-refractivity contribution in [3.8, 4) is 11.5 Å². The van der Waals surface area contributed by atoms with Gasteiger partial charge < -0.3 is 14.8 Å². The molecule has 0 heterocycles. The van der Waals surface area contributed by atoms with Crippen molar-refractivity contribution in [1.29, 1.82) is 0 Å². The van der Waals surface area contributed by atoms with E-state index in [4.69, 9.17) is 9.47 Å². The van der Waals surface area contributed by atoms with Crippen molar-refractivity contribution < 1.29 is 22.7 Å². The molecule has 0 aliphatic carbocycles. The number of amides is 1. The van der Waals surface area contributed by atoms with Crippen LogP contribution in [-0.2, 0) is 20.2 Å². The third kappa shape index (κ3) is 6.88. The Morgan fingerprint density at radius 3 is 2.28 bits per heavy atom. The van der Waals surface area contributed by atoms with Crippen LogP contribution in [0.3, 0.4) is 0 Å². The van der Waals surface area contributed by atoms with Crippen molar-refractivity contribution >= 4 is 21.6 Å². The van der Waals surface area contributed by atoms with Gasteiger partial charge in [0, 0.05) is 6.07 Å². The van der Waals surface area contributed by atoms with Crippen LogP contribution in [-0.4, -0.2) is 46.9 Å². The second-order valence-corrected chi connectivity index (χ2v) is 10.5. The van der Waals surface area contributed by atoms with Crippen molar-refractivity contribution in [2.75, 3.05) is 30.8 Å². The monoisotopic (exact) mass is 462 g/mol. The molecule has 0 fully saturated rings. The van der Waals surface area contributed by atoms with Gasteiger partial charge in [-0.25, -0.2) is 8.42 Å². The van der Waals surface area contributed by atoms with Crippen LogP contribution in [0.5, 0.6) is 11.5 Å². The average Bonchev–Trinajstić information content (AvgIpc) is 2.73. The zero-order valence-electron chi connectivity index (χ0n) is 19.7. The summed E-state index contributed by atoms with van der Waals surface area (Å²) in [5, 5.41) is 2.79. The van der Waals surface area contributed by atoms with Gasteiger partial charge >= 0.3 is 0 Å². The molecule has 2 rings (SSSR count). The maximum absolute atomic E-state index is 12.9. The number of hydrogen-bond acceptors (Lipinski definition) is 5. The number of carbonyl (C=O) groups excluding carboxylic acids is 1. The molecule has 2 aromatic carbocycles. The molecular weight excluding hydrogens is 428 g/mol. The van der Waals surface area contributed by atoms with E-state index in [0.717, 1.165) is 10.6 Å². The van der Waals surface area contributed by atoms with Crippen molar-refractivity contribution in [2.45, 2.75) is 45.6 Å². The molecular formula is C24H34N2O5S. The summed E-state index contributed by atoms with van der Waals surface area (Å²) in [5.41, 5.74) is 1.65. The summed E-state index contributed by atoms with van der Waals surface area (Å²) < 4.78 is 37.1. The first-order chi connectivity index (χ1) is 15.0. The van der Waals surface area contributed by atoms with Crippen molar-refractivity contribution in [2.24, 2.45) is 0 Å². The summed E-state index contributed by atoms with van der Waals surface area (Å²) in [5.74, 6) is 0.846. The molecule has 1 N–H and O–H groups in total. The van der Waals surface area contributed by atoms with E-state index in [2.05, 4.69) is 26.1 Å². The van der Waals surface area contributed by atoms with Gasteiger partial charge in [0.05, 0.1) is 25.6 Å². The topological polar surface area (TPSA) is 84.9 Å².